The third-order valence-electron chi connectivity index (χ3n) is 2.35. The molecule has 0 amide bonds. The second-order valence-electron chi connectivity index (χ2n) is 3.57. The summed E-state index contributed by atoms with van der Waals surface area (Å²) in [6.45, 7) is 0.851. The number of carbonyl (C=O) groups is 2. The average Bonchev–Trinajstić information content (AvgIpc) is 2.65. The maximum absolute atomic E-state index is 11.3. The molecule has 0 atom stereocenters. The van der Waals surface area contributed by atoms with Crippen LogP contribution in [0.25, 0.3) is 0 Å². The Hall–Kier alpha value is -1.92. The van der Waals surface area contributed by atoms with Gasteiger partial charge in [-0.2, -0.15) is 0 Å². The van der Waals surface area contributed by atoms with Crippen LogP contribution in [-0.2, 0) is 9.47 Å². The maximum Gasteiger partial charge on any atom is 0.347 e. The van der Waals surface area contributed by atoms with Crippen molar-refractivity contribution in [2.24, 2.45) is 0 Å². The third-order valence-corrected chi connectivity index (χ3v) is 2.35. The lowest BCUT2D eigenvalue weighted by Gasteiger charge is -2.06. The fraction of sp³-hybridized carbons (Fsp3) is 0.333. The van der Waals surface area contributed by atoms with Crippen LogP contribution in [0, 0.1) is 0 Å². The Balaban J connectivity index is 1.93. The molecule has 1 heterocycles. The number of aliphatic hydroxyl groups is 1. The molecule has 1 aliphatic heterocycles. The zero-order valence-electron chi connectivity index (χ0n) is 9.55. The van der Waals surface area contributed by atoms with Gasteiger partial charge < -0.3 is 19.3 Å². The van der Waals surface area contributed by atoms with Gasteiger partial charge >= 0.3 is 11.9 Å². The molecule has 0 spiro atoms. The van der Waals surface area contributed by atoms with Gasteiger partial charge in [-0.05, 0) is 18.2 Å². The van der Waals surface area contributed by atoms with Crippen LogP contribution < -0.4 is 4.74 Å². The van der Waals surface area contributed by atoms with Gasteiger partial charge in [0.1, 0.15) is 12.4 Å². The van der Waals surface area contributed by atoms with E-state index in [2.05, 4.69) is 4.74 Å². The maximum atomic E-state index is 11.3. The summed E-state index contributed by atoms with van der Waals surface area (Å²) in [5, 5.41) is 8.49. The molecule has 1 aromatic rings. The standard InChI is InChI=1S/C12H12O6/c13-3-4-16-5-6-17-8-1-2-9-10(7-8)12(15)18-11(9)14/h1-2,7,13H,3-6H2. The summed E-state index contributed by atoms with van der Waals surface area (Å²) in [5.41, 5.74) is 0.470. The van der Waals surface area contributed by atoms with E-state index in [9.17, 15) is 9.59 Å². The second-order valence-corrected chi connectivity index (χ2v) is 3.57. The molecule has 18 heavy (non-hydrogen) atoms. The summed E-state index contributed by atoms with van der Waals surface area (Å²) in [6.07, 6.45) is 0. The molecule has 0 bridgehead atoms. The first kappa shape index (κ1) is 12.5. The fourth-order valence-electron chi connectivity index (χ4n) is 1.54. The van der Waals surface area contributed by atoms with E-state index in [1.165, 1.54) is 12.1 Å². The smallest absolute Gasteiger partial charge is 0.347 e. The van der Waals surface area contributed by atoms with Crippen molar-refractivity contribution in [3.05, 3.63) is 29.3 Å². The van der Waals surface area contributed by atoms with Crippen LogP contribution in [-0.4, -0.2) is 43.5 Å². The van der Waals surface area contributed by atoms with Crippen LogP contribution in [0.1, 0.15) is 20.7 Å². The average molecular weight is 252 g/mol. The highest BCUT2D eigenvalue weighted by molar-refractivity contribution is 6.14. The number of hydrogen-bond acceptors (Lipinski definition) is 6. The normalized spacial score (nSPS) is 13.4. The van der Waals surface area contributed by atoms with Gasteiger partial charge in [0.25, 0.3) is 0 Å². The quantitative estimate of drug-likeness (QED) is 0.448. The van der Waals surface area contributed by atoms with Crippen molar-refractivity contribution in [3.8, 4) is 5.75 Å². The summed E-state index contributed by atoms with van der Waals surface area (Å²) < 4.78 is 14.8. The van der Waals surface area contributed by atoms with Crippen LogP contribution in [0.15, 0.2) is 18.2 Å². The minimum atomic E-state index is -0.656. The molecule has 0 unspecified atom stereocenters. The first-order valence-electron chi connectivity index (χ1n) is 5.44. The van der Waals surface area contributed by atoms with Crippen molar-refractivity contribution in [1.82, 2.24) is 0 Å². The zero-order valence-corrected chi connectivity index (χ0v) is 9.55. The molecule has 96 valence electrons. The van der Waals surface area contributed by atoms with Crippen LogP contribution in [0.5, 0.6) is 5.75 Å². The van der Waals surface area contributed by atoms with Crippen molar-refractivity contribution in [1.29, 1.82) is 0 Å². The Kier molecular flexibility index (Phi) is 3.91. The van der Waals surface area contributed by atoms with Gasteiger partial charge in [0.2, 0.25) is 0 Å². The van der Waals surface area contributed by atoms with Crippen LogP contribution >= 0.6 is 0 Å². The Morgan fingerprint density at radius 3 is 2.61 bits per heavy atom. The Labute approximate surface area is 103 Å². The number of rotatable bonds is 6. The number of benzene rings is 1. The largest absolute Gasteiger partial charge is 0.491 e. The first-order chi connectivity index (χ1) is 8.72. The Morgan fingerprint density at radius 2 is 1.83 bits per heavy atom. The summed E-state index contributed by atoms with van der Waals surface area (Å²) >= 11 is 0. The highest BCUT2D eigenvalue weighted by Crippen LogP contribution is 2.24. The molecule has 6 heteroatoms. The van der Waals surface area contributed by atoms with Crippen molar-refractivity contribution in [2.75, 3.05) is 26.4 Å². The van der Waals surface area contributed by atoms with E-state index in [0.717, 1.165) is 0 Å². The predicted octanol–water partition coefficient (Wildman–Crippen LogP) is 0.385. The van der Waals surface area contributed by atoms with Crippen molar-refractivity contribution >= 4 is 11.9 Å². The topological polar surface area (TPSA) is 82.1 Å². The van der Waals surface area contributed by atoms with E-state index in [4.69, 9.17) is 14.6 Å². The second kappa shape index (κ2) is 5.61. The van der Waals surface area contributed by atoms with E-state index < -0.39 is 11.9 Å². The summed E-state index contributed by atoms with van der Waals surface area (Å²) in [6, 6.07) is 4.55. The van der Waals surface area contributed by atoms with Gasteiger partial charge in [-0.25, -0.2) is 9.59 Å². The van der Waals surface area contributed by atoms with Gasteiger partial charge in [-0.1, -0.05) is 0 Å². The molecule has 2 rings (SSSR count). The lowest BCUT2D eigenvalue weighted by Crippen LogP contribution is -2.09. The molecule has 1 aliphatic rings. The monoisotopic (exact) mass is 252 g/mol. The minimum absolute atomic E-state index is 0.0349. The molecule has 1 aromatic carbocycles. The number of fused-ring (bicyclic) bond motifs is 1. The molecule has 0 saturated heterocycles. The first-order valence-corrected chi connectivity index (χ1v) is 5.44. The van der Waals surface area contributed by atoms with E-state index in [1.807, 2.05) is 0 Å². The fourth-order valence-corrected chi connectivity index (χ4v) is 1.54. The number of ether oxygens (including phenoxy) is 3. The predicted molar refractivity (Wildman–Crippen MR) is 59.6 cm³/mol. The molecular weight excluding hydrogens is 240 g/mol. The van der Waals surface area contributed by atoms with Gasteiger partial charge in [-0.3, -0.25) is 0 Å². The number of cyclic esters (lactones) is 2. The molecule has 0 fully saturated rings. The van der Waals surface area contributed by atoms with E-state index in [0.29, 0.717) is 19.0 Å². The molecule has 0 radical (unpaired) electrons. The minimum Gasteiger partial charge on any atom is -0.491 e. The number of hydrogen-bond donors (Lipinski definition) is 1. The van der Waals surface area contributed by atoms with Gasteiger partial charge in [-0.15, -0.1) is 0 Å². The number of aliphatic hydroxyl groups excluding tert-OH is 1. The lowest BCUT2D eigenvalue weighted by atomic mass is 10.1. The van der Waals surface area contributed by atoms with Crippen LogP contribution in [0.3, 0.4) is 0 Å². The summed E-state index contributed by atoms with van der Waals surface area (Å²) in [7, 11) is 0. The molecular formula is C12H12O6. The highest BCUT2D eigenvalue weighted by Gasteiger charge is 2.29. The molecule has 0 saturated carbocycles. The molecule has 1 N–H and O–H groups in total. The van der Waals surface area contributed by atoms with Crippen LogP contribution in [0.2, 0.25) is 0 Å². The van der Waals surface area contributed by atoms with Gasteiger partial charge in [0.05, 0.1) is 30.9 Å². The Morgan fingerprint density at radius 1 is 1.06 bits per heavy atom. The van der Waals surface area contributed by atoms with Crippen molar-refractivity contribution in [3.63, 3.8) is 0 Å². The third kappa shape index (κ3) is 2.66. The molecule has 0 aliphatic carbocycles. The van der Waals surface area contributed by atoms with Gasteiger partial charge in [0, 0.05) is 0 Å². The van der Waals surface area contributed by atoms with Crippen LogP contribution in [0.4, 0.5) is 0 Å². The molecule has 6 nitrogen and oxygen atoms in total. The molecule has 0 aromatic heterocycles. The summed E-state index contributed by atoms with van der Waals surface area (Å²) in [4.78, 5) is 22.5. The number of carbonyl (C=O) groups excluding carboxylic acids is 2. The van der Waals surface area contributed by atoms with E-state index >= 15 is 0 Å². The Bertz CT molecular complexity index is 468. The van der Waals surface area contributed by atoms with E-state index in [-0.39, 0.29) is 24.3 Å². The lowest BCUT2D eigenvalue weighted by molar-refractivity contribution is 0.0443. The number of esters is 2. The highest BCUT2D eigenvalue weighted by atomic mass is 16.6. The SMILES string of the molecule is O=C1OC(=O)c2cc(OCCOCCO)ccc21. The van der Waals surface area contributed by atoms with Gasteiger partial charge in [0.15, 0.2) is 0 Å². The zero-order chi connectivity index (χ0) is 13.0. The van der Waals surface area contributed by atoms with Crippen molar-refractivity contribution in [2.45, 2.75) is 0 Å². The summed E-state index contributed by atoms with van der Waals surface area (Å²) in [5.74, 6) is -0.821. The van der Waals surface area contributed by atoms with E-state index in [1.54, 1.807) is 6.07 Å². The van der Waals surface area contributed by atoms with Crippen molar-refractivity contribution < 1.29 is 28.9 Å².